The maximum Gasteiger partial charge on any atom is 0.0501 e. The molecule has 1 aliphatic rings. The molecule has 0 spiro atoms. The zero-order valence-electron chi connectivity index (χ0n) is 12.7. The molecule has 0 amide bonds. The molecular weight excluding hydrogens is 232 g/mol. The van der Waals surface area contributed by atoms with Gasteiger partial charge in [-0.2, -0.15) is 0 Å². The first-order valence-electron chi connectivity index (χ1n) is 7.71. The Morgan fingerprint density at radius 3 is 2.79 bits per heavy atom. The topological polar surface area (TPSA) is 29.3 Å². The van der Waals surface area contributed by atoms with E-state index in [0.717, 1.165) is 13.0 Å². The van der Waals surface area contributed by atoms with Crippen molar-refractivity contribution in [3.8, 4) is 0 Å². The number of nitrogens with zero attached hydrogens (tertiary/aromatic N) is 1. The van der Waals surface area contributed by atoms with Gasteiger partial charge in [-0.25, -0.2) is 0 Å². The van der Waals surface area contributed by atoms with Gasteiger partial charge in [-0.1, -0.05) is 31.5 Å². The highest BCUT2D eigenvalue weighted by Crippen LogP contribution is 2.32. The number of likely N-dealkylation sites (tertiary alicyclic amines) is 1. The lowest BCUT2D eigenvalue weighted by Gasteiger charge is -2.35. The number of benzene rings is 1. The van der Waals surface area contributed by atoms with Crippen molar-refractivity contribution < 1.29 is 0 Å². The molecule has 1 saturated heterocycles. The molecule has 0 saturated carbocycles. The van der Waals surface area contributed by atoms with E-state index < -0.39 is 0 Å². The number of nitrogens with two attached hydrogens (primary N) is 1. The Morgan fingerprint density at radius 2 is 2.05 bits per heavy atom. The molecule has 1 aliphatic heterocycles. The summed E-state index contributed by atoms with van der Waals surface area (Å²) < 4.78 is 0. The molecule has 2 rings (SSSR count). The summed E-state index contributed by atoms with van der Waals surface area (Å²) in [6, 6.07) is 7.34. The largest absolute Gasteiger partial charge is 0.326 e. The van der Waals surface area contributed by atoms with Crippen LogP contribution in [0.3, 0.4) is 0 Å². The summed E-state index contributed by atoms with van der Waals surface area (Å²) in [4.78, 5) is 2.61. The van der Waals surface area contributed by atoms with Crippen molar-refractivity contribution in [3.63, 3.8) is 0 Å². The Hall–Kier alpha value is -0.860. The van der Waals surface area contributed by atoms with Gasteiger partial charge in [-0.3, -0.25) is 4.90 Å². The van der Waals surface area contributed by atoms with Crippen LogP contribution in [0.25, 0.3) is 0 Å². The van der Waals surface area contributed by atoms with Crippen molar-refractivity contribution in [2.45, 2.75) is 58.5 Å². The van der Waals surface area contributed by atoms with Crippen molar-refractivity contribution in [3.05, 3.63) is 34.9 Å². The van der Waals surface area contributed by atoms with Gasteiger partial charge in [-0.15, -0.1) is 0 Å². The number of hydrogen-bond acceptors (Lipinski definition) is 2. The molecule has 0 aromatic heterocycles. The summed E-state index contributed by atoms with van der Waals surface area (Å²) in [5.74, 6) is 0. The summed E-state index contributed by atoms with van der Waals surface area (Å²) in [7, 11) is 0. The van der Waals surface area contributed by atoms with Gasteiger partial charge >= 0.3 is 0 Å². The molecule has 0 radical (unpaired) electrons. The predicted octanol–water partition coefficient (Wildman–Crippen LogP) is 3.57. The molecule has 2 N–H and O–H groups in total. The minimum absolute atomic E-state index is 0.273. The summed E-state index contributed by atoms with van der Waals surface area (Å²) in [5.41, 5.74) is 10.8. The van der Waals surface area contributed by atoms with Crippen LogP contribution in [0.15, 0.2) is 18.2 Å². The van der Waals surface area contributed by atoms with Crippen molar-refractivity contribution in [2.75, 3.05) is 13.1 Å². The van der Waals surface area contributed by atoms with Crippen LogP contribution < -0.4 is 5.73 Å². The third-order valence-corrected chi connectivity index (χ3v) is 4.51. The molecule has 19 heavy (non-hydrogen) atoms. The molecule has 1 aromatic carbocycles. The van der Waals surface area contributed by atoms with E-state index in [9.17, 15) is 0 Å². The quantitative estimate of drug-likeness (QED) is 0.900. The molecule has 106 valence electrons. The average Bonchev–Trinajstić information content (AvgIpc) is 2.56. The van der Waals surface area contributed by atoms with Gasteiger partial charge < -0.3 is 5.73 Å². The first kappa shape index (κ1) is 14.5. The zero-order chi connectivity index (χ0) is 13.8. The molecule has 0 bridgehead atoms. The highest BCUT2D eigenvalue weighted by molar-refractivity contribution is 5.36. The fraction of sp³-hybridized carbons (Fsp3) is 0.647. The van der Waals surface area contributed by atoms with Gasteiger partial charge in [0.2, 0.25) is 0 Å². The van der Waals surface area contributed by atoms with Gasteiger partial charge in [0.25, 0.3) is 0 Å². The molecule has 2 heteroatoms. The van der Waals surface area contributed by atoms with Gasteiger partial charge in [0.1, 0.15) is 0 Å². The van der Waals surface area contributed by atoms with Crippen LogP contribution >= 0.6 is 0 Å². The molecule has 2 atom stereocenters. The van der Waals surface area contributed by atoms with Crippen molar-refractivity contribution >= 4 is 0 Å². The molecule has 1 fully saturated rings. The SMILES string of the molecule is CCCN1CCCCC(N)C1c1cccc(C)c1C. The molecule has 1 heterocycles. The van der Waals surface area contributed by atoms with Crippen molar-refractivity contribution in [2.24, 2.45) is 5.73 Å². The van der Waals surface area contributed by atoms with Gasteiger partial charge in [0.15, 0.2) is 0 Å². The fourth-order valence-corrected chi connectivity index (χ4v) is 3.32. The number of hydrogen-bond donors (Lipinski definition) is 1. The Labute approximate surface area is 118 Å². The van der Waals surface area contributed by atoms with Gasteiger partial charge in [-0.05, 0) is 62.9 Å². The van der Waals surface area contributed by atoms with E-state index in [0.29, 0.717) is 6.04 Å². The molecule has 0 aliphatic carbocycles. The third-order valence-electron chi connectivity index (χ3n) is 4.51. The minimum atomic E-state index is 0.273. The van der Waals surface area contributed by atoms with E-state index in [2.05, 4.69) is 43.9 Å². The lowest BCUT2D eigenvalue weighted by molar-refractivity contribution is 0.185. The van der Waals surface area contributed by atoms with E-state index in [1.807, 2.05) is 0 Å². The maximum absolute atomic E-state index is 6.51. The van der Waals surface area contributed by atoms with E-state index in [4.69, 9.17) is 5.73 Å². The Morgan fingerprint density at radius 1 is 1.26 bits per heavy atom. The Kier molecular flexibility index (Phi) is 5.00. The maximum atomic E-state index is 6.51. The number of rotatable bonds is 3. The second-order valence-electron chi connectivity index (χ2n) is 5.93. The Bertz CT molecular complexity index is 414. The van der Waals surface area contributed by atoms with Crippen LogP contribution in [0.1, 0.15) is 55.3 Å². The van der Waals surface area contributed by atoms with Crippen LogP contribution in [0, 0.1) is 13.8 Å². The first-order valence-corrected chi connectivity index (χ1v) is 7.71. The summed E-state index contributed by atoms with van der Waals surface area (Å²) in [5, 5.41) is 0. The molecule has 1 aromatic rings. The van der Waals surface area contributed by atoms with Crippen LogP contribution in [0.4, 0.5) is 0 Å². The lowest BCUT2D eigenvalue weighted by atomic mass is 9.91. The van der Waals surface area contributed by atoms with E-state index >= 15 is 0 Å². The summed E-state index contributed by atoms with van der Waals surface area (Å²) >= 11 is 0. The van der Waals surface area contributed by atoms with E-state index in [-0.39, 0.29) is 6.04 Å². The normalized spacial score (nSPS) is 25.3. The molecular formula is C17H28N2. The smallest absolute Gasteiger partial charge is 0.0501 e. The van der Waals surface area contributed by atoms with Crippen molar-refractivity contribution in [1.82, 2.24) is 4.90 Å². The third kappa shape index (κ3) is 3.18. The van der Waals surface area contributed by atoms with Crippen molar-refractivity contribution in [1.29, 1.82) is 0 Å². The second-order valence-corrected chi connectivity index (χ2v) is 5.93. The summed E-state index contributed by atoms with van der Waals surface area (Å²) in [6.07, 6.45) is 4.91. The summed E-state index contributed by atoms with van der Waals surface area (Å²) in [6.45, 7) is 9.06. The fourth-order valence-electron chi connectivity index (χ4n) is 3.32. The van der Waals surface area contributed by atoms with E-state index in [1.165, 1.54) is 42.5 Å². The highest BCUT2D eigenvalue weighted by Gasteiger charge is 2.29. The standard InChI is InChI=1S/C17H28N2/c1-4-11-19-12-6-5-10-16(18)17(19)15-9-7-8-13(2)14(15)3/h7-9,16-17H,4-6,10-12,18H2,1-3H3. The second kappa shape index (κ2) is 6.53. The van der Waals surface area contributed by atoms with Crippen LogP contribution in [-0.2, 0) is 0 Å². The van der Waals surface area contributed by atoms with Gasteiger partial charge in [0, 0.05) is 6.04 Å². The van der Waals surface area contributed by atoms with Crippen LogP contribution in [0.5, 0.6) is 0 Å². The minimum Gasteiger partial charge on any atom is -0.326 e. The first-order chi connectivity index (χ1) is 9.15. The molecule has 2 nitrogen and oxygen atoms in total. The Balaban J connectivity index is 2.37. The van der Waals surface area contributed by atoms with Crippen LogP contribution in [0.2, 0.25) is 0 Å². The number of aryl methyl sites for hydroxylation is 1. The van der Waals surface area contributed by atoms with Crippen LogP contribution in [-0.4, -0.2) is 24.0 Å². The lowest BCUT2D eigenvalue weighted by Crippen LogP contribution is -2.40. The average molecular weight is 260 g/mol. The van der Waals surface area contributed by atoms with E-state index in [1.54, 1.807) is 0 Å². The predicted molar refractivity (Wildman–Crippen MR) is 82.3 cm³/mol. The zero-order valence-corrected chi connectivity index (χ0v) is 12.7. The molecule has 2 unspecified atom stereocenters. The highest BCUT2D eigenvalue weighted by atomic mass is 15.2. The monoisotopic (exact) mass is 260 g/mol. The van der Waals surface area contributed by atoms with Gasteiger partial charge in [0.05, 0.1) is 6.04 Å².